The Hall–Kier alpha value is -5.26. The highest BCUT2D eigenvalue weighted by molar-refractivity contribution is 6.06. The first-order valence-corrected chi connectivity index (χ1v) is 11.5. The van der Waals surface area contributed by atoms with E-state index in [2.05, 4.69) is 20.6 Å². The third kappa shape index (κ3) is 4.50. The van der Waals surface area contributed by atoms with Gasteiger partial charge < -0.3 is 20.1 Å². The highest BCUT2D eigenvalue weighted by atomic mass is 16.6. The molecular formula is C26H23N7O5. The maximum atomic E-state index is 13.6. The fraction of sp³-hybridized carbons (Fsp3) is 0.154. The second kappa shape index (κ2) is 10.0. The number of hydrogen-bond acceptors (Lipinski definition) is 9. The largest absolute Gasteiger partial charge is 0.493 e. The van der Waals surface area contributed by atoms with E-state index in [0.29, 0.717) is 51.4 Å². The van der Waals surface area contributed by atoms with Crippen molar-refractivity contribution >= 4 is 23.2 Å². The molecule has 0 saturated carbocycles. The van der Waals surface area contributed by atoms with Crippen LogP contribution in [0.15, 0.2) is 78.3 Å². The number of rotatable bonds is 7. The maximum Gasteiger partial charge on any atom is 0.269 e. The van der Waals surface area contributed by atoms with Crippen LogP contribution in [0, 0.1) is 10.1 Å². The van der Waals surface area contributed by atoms with Gasteiger partial charge in [-0.1, -0.05) is 12.1 Å². The molecule has 5 rings (SSSR count). The fourth-order valence-electron chi connectivity index (χ4n) is 4.29. The van der Waals surface area contributed by atoms with E-state index in [1.807, 2.05) is 0 Å². The van der Waals surface area contributed by atoms with Crippen LogP contribution in [0.4, 0.5) is 17.3 Å². The monoisotopic (exact) mass is 513 g/mol. The number of carbonyl (C=O) groups is 1. The van der Waals surface area contributed by atoms with Crippen LogP contribution in [0.25, 0.3) is 11.4 Å². The molecule has 38 heavy (non-hydrogen) atoms. The van der Waals surface area contributed by atoms with Crippen LogP contribution in [0.2, 0.25) is 0 Å². The third-order valence-corrected chi connectivity index (χ3v) is 6.06. The first-order valence-electron chi connectivity index (χ1n) is 11.5. The molecule has 0 saturated heterocycles. The summed E-state index contributed by atoms with van der Waals surface area (Å²) in [4.78, 5) is 33.3. The van der Waals surface area contributed by atoms with Gasteiger partial charge in [0.25, 0.3) is 11.6 Å². The predicted molar refractivity (Wildman–Crippen MR) is 139 cm³/mol. The number of aromatic nitrogens is 4. The minimum absolute atomic E-state index is 0.104. The number of benzene rings is 2. The number of pyridine rings is 1. The lowest BCUT2D eigenvalue weighted by atomic mass is 9.94. The molecule has 0 radical (unpaired) electrons. The lowest BCUT2D eigenvalue weighted by molar-refractivity contribution is -0.384. The van der Waals surface area contributed by atoms with Crippen molar-refractivity contribution in [1.82, 2.24) is 19.7 Å². The Labute approximate surface area is 217 Å². The molecule has 12 heteroatoms. The second-order valence-electron chi connectivity index (χ2n) is 8.39. The number of nitro groups is 1. The van der Waals surface area contributed by atoms with Gasteiger partial charge in [0.1, 0.15) is 6.04 Å². The Morgan fingerprint density at radius 2 is 1.92 bits per heavy atom. The zero-order valence-electron chi connectivity index (χ0n) is 20.7. The molecule has 1 amide bonds. The molecule has 3 heterocycles. The van der Waals surface area contributed by atoms with E-state index in [-0.39, 0.29) is 5.69 Å². The van der Waals surface area contributed by atoms with Gasteiger partial charge in [0.15, 0.2) is 17.3 Å². The van der Waals surface area contributed by atoms with Crippen LogP contribution < -0.4 is 20.1 Å². The highest BCUT2D eigenvalue weighted by Gasteiger charge is 2.35. The van der Waals surface area contributed by atoms with Crippen LogP contribution in [-0.2, 0) is 4.79 Å². The SMILES string of the molecule is COc1ccc(-c2nc3n(n2)C(c2cccc([N+](=O)[O-])c2)C(C(=O)Nc2cccnc2)=C(C)N3)cc1OC. The standard InChI is InChI=1S/C26H23N7O5/c1-15-22(25(34)29-18-7-5-11-27-14-18)23(16-6-4-8-19(12-16)33(35)36)32-26(28-15)30-24(31-32)17-9-10-20(37-2)21(13-17)38-3/h4-14,23H,1-3H3,(H,29,34)(H,28,30,31). The van der Waals surface area contributed by atoms with Crippen LogP contribution in [0.3, 0.4) is 0 Å². The molecule has 1 aliphatic rings. The number of methoxy groups -OCH3 is 2. The predicted octanol–water partition coefficient (Wildman–Crippen LogP) is 4.19. The molecule has 2 aromatic heterocycles. The normalized spacial score (nSPS) is 14.3. The summed E-state index contributed by atoms with van der Waals surface area (Å²) < 4.78 is 12.3. The van der Waals surface area contributed by atoms with E-state index in [1.165, 1.54) is 25.4 Å². The van der Waals surface area contributed by atoms with E-state index in [0.717, 1.165) is 0 Å². The van der Waals surface area contributed by atoms with Crippen molar-refractivity contribution in [3.8, 4) is 22.9 Å². The molecule has 2 aromatic carbocycles. The molecule has 0 spiro atoms. The smallest absolute Gasteiger partial charge is 0.269 e. The molecular weight excluding hydrogens is 490 g/mol. The Morgan fingerprint density at radius 1 is 1.11 bits per heavy atom. The number of fused-ring (bicyclic) bond motifs is 1. The number of nitro benzene ring substituents is 1. The number of non-ortho nitro benzene ring substituents is 1. The summed E-state index contributed by atoms with van der Waals surface area (Å²) in [6, 6.07) is 14.0. The summed E-state index contributed by atoms with van der Waals surface area (Å²) in [5.74, 6) is 1.40. The molecule has 0 bridgehead atoms. The van der Waals surface area contributed by atoms with Gasteiger partial charge in [-0.25, -0.2) is 4.68 Å². The van der Waals surface area contributed by atoms with Crippen molar-refractivity contribution in [1.29, 1.82) is 0 Å². The maximum absolute atomic E-state index is 13.6. The second-order valence-corrected chi connectivity index (χ2v) is 8.39. The minimum Gasteiger partial charge on any atom is -0.493 e. The van der Waals surface area contributed by atoms with Crippen LogP contribution in [0.5, 0.6) is 11.5 Å². The summed E-state index contributed by atoms with van der Waals surface area (Å²) in [7, 11) is 3.08. The first kappa shape index (κ1) is 24.4. The lowest BCUT2D eigenvalue weighted by Crippen LogP contribution is -2.31. The van der Waals surface area contributed by atoms with Crippen molar-refractivity contribution in [3.63, 3.8) is 0 Å². The van der Waals surface area contributed by atoms with Crippen LogP contribution in [-0.4, -0.2) is 44.8 Å². The Morgan fingerprint density at radius 3 is 2.63 bits per heavy atom. The van der Waals surface area contributed by atoms with Crippen molar-refractivity contribution in [2.45, 2.75) is 13.0 Å². The molecule has 12 nitrogen and oxygen atoms in total. The van der Waals surface area contributed by atoms with E-state index in [1.54, 1.807) is 67.4 Å². The van der Waals surface area contributed by atoms with Gasteiger partial charge in [0, 0.05) is 29.6 Å². The minimum atomic E-state index is -0.802. The summed E-state index contributed by atoms with van der Waals surface area (Å²) >= 11 is 0. The van der Waals surface area contributed by atoms with E-state index in [4.69, 9.17) is 14.6 Å². The third-order valence-electron chi connectivity index (χ3n) is 6.06. The average molecular weight is 514 g/mol. The summed E-state index contributed by atoms with van der Waals surface area (Å²) in [5, 5.41) is 22.3. The molecule has 0 fully saturated rings. The van der Waals surface area contributed by atoms with E-state index < -0.39 is 16.9 Å². The number of hydrogen-bond donors (Lipinski definition) is 2. The molecule has 192 valence electrons. The van der Waals surface area contributed by atoms with Gasteiger partial charge >= 0.3 is 0 Å². The Balaban J connectivity index is 1.63. The number of carbonyl (C=O) groups excluding carboxylic acids is 1. The van der Waals surface area contributed by atoms with Crippen molar-refractivity contribution < 1.29 is 19.2 Å². The zero-order valence-corrected chi connectivity index (χ0v) is 20.7. The number of ether oxygens (including phenoxy) is 2. The average Bonchev–Trinajstić information content (AvgIpc) is 3.36. The number of anilines is 2. The molecule has 1 aliphatic heterocycles. The first-order chi connectivity index (χ1) is 18.4. The fourth-order valence-corrected chi connectivity index (χ4v) is 4.29. The van der Waals surface area contributed by atoms with Gasteiger partial charge in [-0.15, -0.1) is 5.10 Å². The van der Waals surface area contributed by atoms with E-state index >= 15 is 0 Å². The van der Waals surface area contributed by atoms with Gasteiger partial charge in [-0.3, -0.25) is 19.9 Å². The molecule has 1 atom stereocenters. The van der Waals surface area contributed by atoms with Crippen molar-refractivity contribution in [2.24, 2.45) is 0 Å². The molecule has 4 aromatic rings. The topological polar surface area (TPSA) is 146 Å². The van der Waals surface area contributed by atoms with Gasteiger partial charge in [0.05, 0.1) is 36.6 Å². The molecule has 2 N–H and O–H groups in total. The Kier molecular flexibility index (Phi) is 6.44. The number of allylic oxidation sites excluding steroid dienone is 1. The van der Waals surface area contributed by atoms with Crippen molar-refractivity contribution in [2.75, 3.05) is 24.9 Å². The number of amides is 1. The zero-order chi connectivity index (χ0) is 26.8. The summed E-state index contributed by atoms with van der Waals surface area (Å²) in [6.45, 7) is 1.75. The van der Waals surface area contributed by atoms with Gasteiger partial charge in [-0.2, -0.15) is 4.98 Å². The van der Waals surface area contributed by atoms with Crippen molar-refractivity contribution in [3.05, 3.63) is 93.9 Å². The number of nitrogens with one attached hydrogen (secondary N) is 2. The van der Waals surface area contributed by atoms with E-state index in [9.17, 15) is 14.9 Å². The Bertz CT molecular complexity index is 1570. The molecule has 1 unspecified atom stereocenters. The van der Waals surface area contributed by atoms with Gasteiger partial charge in [-0.05, 0) is 42.8 Å². The van der Waals surface area contributed by atoms with Crippen LogP contribution in [0.1, 0.15) is 18.5 Å². The highest BCUT2D eigenvalue weighted by Crippen LogP contribution is 2.38. The van der Waals surface area contributed by atoms with Crippen LogP contribution >= 0.6 is 0 Å². The lowest BCUT2D eigenvalue weighted by Gasteiger charge is -2.28. The van der Waals surface area contributed by atoms with Gasteiger partial charge in [0.2, 0.25) is 5.95 Å². The quantitative estimate of drug-likeness (QED) is 0.274. The number of nitrogens with zero attached hydrogens (tertiary/aromatic N) is 5. The summed E-state index contributed by atoms with van der Waals surface area (Å²) in [6.07, 6.45) is 3.13. The molecule has 0 aliphatic carbocycles. The summed E-state index contributed by atoms with van der Waals surface area (Å²) in [5.41, 5.74) is 2.41.